The van der Waals surface area contributed by atoms with Gasteiger partial charge in [0.1, 0.15) is 15.3 Å². The van der Waals surface area contributed by atoms with Gasteiger partial charge in [-0.15, -0.1) is 0 Å². The SMILES string of the molecule is Cc1cn(CCC#N)c(=O)c2cc(Cn3nc(Br)cc3Cl)nn12. The maximum absolute atomic E-state index is 12.5. The summed E-state index contributed by atoms with van der Waals surface area (Å²) in [7, 11) is 0. The molecule has 0 atom stereocenters. The summed E-state index contributed by atoms with van der Waals surface area (Å²) in [5.74, 6) is 0. The molecule has 3 aromatic heterocycles. The standard InChI is InChI=1S/C14H12BrClN6O/c1-9-7-20(4-2-3-17)14(23)11-5-10(18-22(9)11)8-21-13(16)6-12(15)19-21/h5-7H,2,4,8H2,1H3. The zero-order valence-corrected chi connectivity index (χ0v) is 14.5. The van der Waals surface area contributed by atoms with Gasteiger partial charge in [0.05, 0.1) is 30.4 Å². The van der Waals surface area contributed by atoms with Crippen LogP contribution in [-0.2, 0) is 13.1 Å². The fourth-order valence-corrected chi connectivity index (χ4v) is 3.12. The molecule has 23 heavy (non-hydrogen) atoms. The lowest BCUT2D eigenvalue weighted by Crippen LogP contribution is -2.22. The van der Waals surface area contributed by atoms with Crippen molar-refractivity contribution in [3.8, 4) is 6.07 Å². The highest BCUT2D eigenvalue weighted by Gasteiger charge is 2.12. The minimum Gasteiger partial charge on any atom is -0.311 e. The predicted molar refractivity (Wildman–Crippen MR) is 88.5 cm³/mol. The number of halogens is 2. The molecule has 7 nitrogen and oxygen atoms in total. The van der Waals surface area contributed by atoms with Crippen LogP contribution in [0, 0.1) is 18.3 Å². The summed E-state index contributed by atoms with van der Waals surface area (Å²) in [5.41, 5.74) is 1.80. The van der Waals surface area contributed by atoms with Crippen molar-refractivity contribution in [3.63, 3.8) is 0 Å². The van der Waals surface area contributed by atoms with Gasteiger partial charge in [-0.3, -0.25) is 4.79 Å². The van der Waals surface area contributed by atoms with Crippen LogP contribution < -0.4 is 5.56 Å². The Kier molecular flexibility index (Phi) is 4.24. The third-order valence-corrected chi connectivity index (χ3v) is 4.09. The van der Waals surface area contributed by atoms with Gasteiger partial charge in [-0.25, -0.2) is 9.20 Å². The highest BCUT2D eigenvalue weighted by molar-refractivity contribution is 9.10. The van der Waals surface area contributed by atoms with Crippen LogP contribution in [0.2, 0.25) is 5.15 Å². The number of aromatic nitrogens is 5. The number of hydrogen-bond donors (Lipinski definition) is 0. The Morgan fingerprint density at radius 1 is 1.39 bits per heavy atom. The Bertz CT molecular complexity index is 980. The molecule has 0 aromatic carbocycles. The smallest absolute Gasteiger partial charge is 0.276 e. The molecule has 0 spiro atoms. The lowest BCUT2D eigenvalue weighted by atomic mass is 10.3. The molecule has 0 aliphatic rings. The summed E-state index contributed by atoms with van der Waals surface area (Å²) >= 11 is 9.34. The molecule has 118 valence electrons. The zero-order valence-electron chi connectivity index (χ0n) is 12.2. The fraction of sp³-hybridized carbons (Fsp3) is 0.286. The quantitative estimate of drug-likeness (QED) is 0.679. The number of nitriles is 1. The number of fused-ring (bicyclic) bond motifs is 1. The molecule has 3 rings (SSSR count). The topological polar surface area (TPSA) is 80.9 Å². The van der Waals surface area contributed by atoms with Gasteiger partial charge in [0.2, 0.25) is 0 Å². The Hall–Kier alpha value is -2.11. The average Bonchev–Trinajstić information content (AvgIpc) is 3.06. The molecule has 3 aromatic rings. The molecule has 0 saturated carbocycles. The van der Waals surface area contributed by atoms with Crippen molar-refractivity contribution in [2.24, 2.45) is 0 Å². The van der Waals surface area contributed by atoms with E-state index in [1.54, 1.807) is 27.5 Å². The lowest BCUT2D eigenvalue weighted by Gasteiger charge is -2.06. The number of hydrogen-bond acceptors (Lipinski definition) is 4. The number of aryl methyl sites for hydroxylation is 2. The minimum atomic E-state index is -0.169. The van der Waals surface area contributed by atoms with Crippen LogP contribution in [0.15, 0.2) is 27.7 Å². The van der Waals surface area contributed by atoms with E-state index in [4.69, 9.17) is 16.9 Å². The van der Waals surface area contributed by atoms with Gasteiger partial charge in [0.15, 0.2) is 0 Å². The highest BCUT2D eigenvalue weighted by Crippen LogP contribution is 2.17. The maximum Gasteiger partial charge on any atom is 0.276 e. The second kappa shape index (κ2) is 6.18. The summed E-state index contributed by atoms with van der Waals surface area (Å²) in [6.07, 6.45) is 1.99. The molecule has 0 radical (unpaired) electrons. The van der Waals surface area contributed by atoms with Gasteiger partial charge in [-0.05, 0) is 28.9 Å². The van der Waals surface area contributed by atoms with Gasteiger partial charge in [-0.2, -0.15) is 15.5 Å². The van der Waals surface area contributed by atoms with Crippen LogP contribution in [0.25, 0.3) is 5.52 Å². The lowest BCUT2D eigenvalue weighted by molar-refractivity contribution is 0.652. The van der Waals surface area contributed by atoms with E-state index in [-0.39, 0.29) is 12.0 Å². The third-order valence-electron chi connectivity index (χ3n) is 3.39. The zero-order chi connectivity index (χ0) is 16.6. The summed E-state index contributed by atoms with van der Waals surface area (Å²) in [4.78, 5) is 12.5. The highest BCUT2D eigenvalue weighted by atomic mass is 79.9. The van der Waals surface area contributed by atoms with Gasteiger partial charge in [0, 0.05) is 18.8 Å². The van der Waals surface area contributed by atoms with Crippen LogP contribution in [0.5, 0.6) is 0 Å². The van der Waals surface area contributed by atoms with E-state index in [2.05, 4.69) is 26.1 Å². The van der Waals surface area contributed by atoms with Crippen molar-refractivity contribution in [3.05, 3.63) is 49.8 Å². The number of nitrogens with zero attached hydrogens (tertiary/aromatic N) is 6. The van der Waals surface area contributed by atoms with Crippen molar-refractivity contribution in [2.45, 2.75) is 26.4 Å². The Labute approximate surface area is 144 Å². The first-order valence-corrected chi connectivity index (χ1v) is 8.01. The Morgan fingerprint density at radius 2 is 2.17 bits per heavy atom. The first-order valence-electron chi connectivity index (χ1n) is 6.84. The van der Waals surface area contributed by atoms with Gasteiger partial charge >= 0.3 is 0 Å². The van der Waals surface area contributed by atoms with Gasteiger partial charge in [-0.1, -0.05) is 11.6 Å². The second-order valence-electron chi connectivity index (χ2n) is 5.06. The largest absolute Gasteiger partial charge is 0.311 e. The van der Waals surface area contributed by atoms with Crippen molar-refractivity contribution < 1.29 is 0 Å². The summed E-state index contributed by atoms with van der Waals surface area (Å²) in [5, 5.41) is 17.8. The molecule has 0 amide bonds. The molecule has 0 saturated heterocycles. The van der Waals surface area contributed by atoms with E-state index in [0.717, 1.165) is 5.69 Å². The monoisotopic (exact) mass is 394 g/mol. The second-order valence-corrected chi connectivity index (χ2v) is 6.26. The Balaban J connectivity index is 2.03. The van der Waals surface area contributed by atoms with Crippen LogP contribution in [0.1, 0.15) is 17.8 Å². The van der Waals surface area contributed by atoms with E-state index in [0.29, 0.717) is 34.1 Å². The van der Waals surface area contributed by atoms with E-state index >= 15 is 0 Å². The van der Waals surface area contributed by atoms with E-state index < -0.39 is 0 Å². The molecule has 9 heteroatoms. The van der Waals surface area contributed by atoms with Crippen LogP contribution in [-0.4, -0.2) is 24.0 Å². The van der Waals surface area contributed by atoms with E-state index in [9.17, 15) is 4.79 Å². The first kappa shape index (κ1) is 15.8. The van der Waals surface area contributed by atoms with Crippen molar-refractivity contribution >= 4 is 33.0 Å². The molecular formula is C14H12BrClN6O. The molecule has 0 aliphatic carbocycles. The molecule has 0 unspecified atom stereocenters. The number of rotatable bonds is 4. The summed E-state index contributed by atoms with van der Waals surface area (Å²) in [6.45, 7) is 2.60. The Morgan fingerprint density at radius 3 is 2.83 bits per heavy atom. The van der Waals surface area contributed by atoms with Crippen LogP contribution in [0.3, 0.4) is 0 Å². The molecule has 0 fully saturated rings. The molecule has 0 N–H and O–H groups in total. The average molecular weight is 396 g/mol. The fourth-order valence-electron chi connectivity index (χ4n) is 2.38. The maximum atomic E-state index is 12.5. The van der Waals surface area contributed by atoms with Crippen LogP contribution >= 0.6 is 27.5 Å². The van der Waals surface area contributed by atoms with Gasteiger partial charge < -0.3 is 4.57 Å². The van der Waals surface area contributed by atoms with Gasteiger partial charge in [0.25, 0.3) is 5.56 Å². The minimum absolute atomic E-state index is 0.169. The van der Waals surface area contributed by atoms with Crippen molar-refractivity contribution in [1.29, 1.82) is 5.26 Å². The first-order chi connectivity index (χ1) is 11.0. The third kappa shape index (κ3) is 3.02. The van der Waals surface area contributed by atoms with E-state index in [1.807, 2.05) is 13.0 Å². The van der Waals surface area contributed by atoms with Crippen molar-refractivity contribution in [2.75, 3.05) is 0 Å². The molecule has 0 bridgehead atoms. The normalized spacial score (nSPS) is 11.0. The predicted octanol–water partition coefficient (Wildman–Crippen LogP) is 2.38. The molecule has 3 heterocycles. The van der Waals surface area contributed by atoms with Crippen molar-refractivity contribution in [1.82, 2.24) is 24.0 Å². The summed E-state index contributed by atoms with van der Waals surface area (Å²) < 4.78 is 5.38. The summed E-state index contributed by atoms with van der Waals surface area (Å²) in [6, 6.07) is 5.46. The molecule has 0 aliphatic heterocycles. The van der Waals surface area contributed by atoms with E-state index in [1.165, 1.54) is 4.57 Å². The van der Waals surface area contributed by atoms with Crippen LogP contribution in [0.4, 0.5) is 0 Å². The molecular weight excluding hydrogens is 384 g/mol.